The minimum Gasteiger partial charge on any atom is -0.464 e. The molecule has 0 saturated carbocycles. The summed E-state index contributed by atoms with van der Waals surface area (Å²) in [4.78, 5) is 26.3. The van der Waals surface area contributed by atoms with Gasteiger partial charge in [0.2, 0.25) is 0 Å². The molecule has 0 spiro atoms. The van der Waals surface area contributed by atoms with Crippen molar-refractivity contribution in [2.45, 2.75) is 0 Å². The molecule has 1 aromatic heterocycles. The van der Waals surface area contributed by atoms with Gasteiger partial charge in [0.05, 0.1) is 10.9 Å². The Kier molecular flexibility index (Phi) is 2.28. The van der Waals surface area contributed by atoms with Gasteiger partial charge < -0.3 is 5.11 Å². The van der Waals surface area contributed by atoms with Crippen LogP contribution in [0.3, 0.4) is 0 Å². The van der Waals surface area contributed by atoms with E-state index in [1.54, 1.807) is 18.2 Å². The molecule has 0 unspecified atom stereocenters. The number of carboxylic acid groups (broad SMARTS) is 1. The molecule has 5 nitrogen and oxygen atoms in total. The fourth-order valence-corrected chi connectivity index (χ4v) is 1.79. The minimum atomic E-state index is -1.34. The van der Waals surface area contributed by atoms with Crippen LogP contribution in [0.4, 0.5) is 4.79 Å². The van der Waals surface area contributed by atoms with Crippen molar-refractivity contribution in [2.24, 2.45) is 0 Å². The van der Waals surface area contributed by atoms with E-state index in [1.165, 1.54) is 0 Å². The summed E-state index contributed by atoms with van der Waals surface area (Å²) in [6, 6.07) is 5.04. The minimum absolute atomic E-state index is 0.266. The van der Waals surface area contributed by atoms with Gasteiger partial charge in [0.25, 0.3) is 5.56 Å². The standard InChI is InChI=1S/C9H5BrN2O3/c10-5-2-1-3-6-7(5)8(13)12(4-11-6)9(14)15/h1-4H,(H,14,15). The summed E-state index contributed by atoms with van der Waals surface area (Å²) in [5, 5.41) is 8.99. The summed E-state index contributed by atoms with van der Waals surface area (Å²) in [5.41, 5.74) is -0.133. The van der Waals surface area contributed by atoms with E-state index in [-0.39, 0.29) is 5.39 Å². The maximum Gasteiger partial charge on any atom is 0.419 e. The molecule has 1 aromatic carbocycles. The van der Waals surface area contributed by atoms with Crippen molar-refractivity contribution in [1.82, 2.24) is 9.55 Å². The highest BCUT2D eigenvalue weighted by atomic mass is 79.9. The first-order valence-corrected chi connectivity index (χ1v) is 4.80. The molecule has 0 aliphatic carbocycles. The number of halogens is 1. The van der Waals surface area contributed by atoms with Crippen LogP contribution in [0.2, 0.25) is 0 Å². The van der Waals surface area contributed by atoms with Gasteiger partial charge in [0.15, 0.2) is 0 Å². The lowest BCUT2D eigenvalue weighted by atomic mass is 10.2. The van der Waals surface area contributed by atoms with E-state index in [0.717, 1.165) is 6.33 Å². The third kappa shape index (κ3) is 1.52. The van der Waals surface area contributed by atoms with E-state index < -0.39 is 11.7 Å². The van der Waals surface area contributed by atoms with E-state index in [0.29, 0.717) is 14.6 Å². The second-order valence-corrected chi connectivity index (χ2v) is 3.69. The van der Waals surface area contributed by atoms with Crippen molar-refractivity contribution in [3.05, 3.63) is 39.4 Å². The van der Waals surface area contributed by atoms with Crippen LogP contribution in [0.25, 0.3) is 10.9 Å². The quantitative estimate of drug-likeness (QED) is 0.789. The Labute approximate surface area is 92.1 Å². The molecule has 0 aliphatic heterocycles. The summed E-state index contributed by atoms with van der Waals surface area (Å²) in [5.74, 6) is 0. The molecule has 1 heterocycles. The molecular weight excluding hydrogens is 264 g/mol. The number of nitrogens with zero attached hydrogens (tertiary/aromatic N) is 2. The van der Waals surface area contributed by atoms with Crippen LogP contribution in [0.1, 0.15) is 0 Å². The zero-order valence-corrected chi connectivity index (χ0v) is 8.93. The van der Waals surface area contributed by atoms with Gasteiger partial charge in [-0.2, -0.15) is 0 Å². The molecule has 76 valence electrons. The van der Waals surface area contributed by atoms with Gasteiger partial charge in [-0.1, -0.05) is 6.07 Å². The van der Waals surface area contributed by atoms with Crippen LogP contribution < -0.4 is 5.56 Å². The molecule has 15 heavy (non-hydrogen) atoms. The van der Waals surface area contributed by atoms with Gasteiger partial charge >= 0.3 is 6.09 Å². The topological polar surface area (TPSA) is 72.2 Å². The first-order chi connectivity index (χ1) is 7.11. The summed E-state index contributed by atoms with van der Waals surface area (Å²) < 4.78 is 1.08. The smallest absolute Gasteiger partial charge is 0.419 e. The van der Waals surface area contributed by atoms with Gasteiger partial charge in [-0.3, -0.25) is 4.79 Å². The van der Waals surface area contributed by atoms with Crippen LogP contribution in [0, 0.1) is 0 Å². The molecule has 0 fully saturated rings. The number of aromatic nitrogens is 2. The molecule has 0 radical (unpaired) electrons. The Bertz CT molecular complexity index is 606. The first-order valence-electron chi connectivity index (χ1n) is 4.00. The van der Waals surface area contributed by atoms with Crippen LogP contribution in [-0.4, -0.2) is 20.8 Å². The van der Waals surface area contributed by atoms with Crippen molar-refractivity contribution in [3.63, 3.8) is 0 Å². The van der Waals surface area contributed by atoms with Gasteiger partial charge in [-0.25, -0.2) is 14.3 Å². The number of fused-ring (bicyclic) bond motifs is 1. The predicted octanol–water partition coefficient (Wildman–Crippen LogP) is 1.69. The fraction of sp³-hybridized carbons (Fsp3) is 0. The van der Waals surface area contributed by atoms with Crippen LogP contribution in [-0.2, 0) is 0 Å². The highest BCUT2D eigenvalue weighted by Gasteiger charge is 2.10. The SMILES string of the molecule is O=C(O)n1cnc2cccc(Br)c2c1=O. The molecule has 0 amide bonds. The zero-order valence-electron chi connectivity index (χ0n) is 7.35. The Balaban J connectivity index is 2.96. The lowest BCUT2D eigenvalue weighted by molar-refractivity contribution is 0.195. The Morgan fingerprint density at radius 2 is 2.20 bits per heavy atom. The van der Waals surface area contributed by atoms with Gasteiger partial charge in [0, 0.05) is 4.47 Å². The molecule has 2 aromatic rings. The Morgan fingerprint density at radius 3 is 2.87 bits per heavy atom. The van der Waals surface area contributed by atoms with Gasteiger partial charge in [-0.05, 0) is 28.1 Å². The normalized spacial score (nSPS) is 10.5. The van der Waals surface area contributed by atoms with Crippen molar-refractivity contribution in [2.75, 3.05) is 0 Å². The maximum atomic E-state index is 11.7. The number of rotatable bonds is 0. The third-order valence-corrected chi connectivity index (χ3v) is 2.60. The van der Waals surface area contributed by atoms with Gasteiger partial charge in [-0.15, -0.1) is 0 Å². The molecule has 2 rings (SSSR count). The number of hydrogen-bond acceptors (Lipinski definition) is 3. The highest BCUT2D eigenvalue weighted by molar-refractivity contribution is 9.10. The van der Waals surface area contributed by atoms with E-state index in [1.807, 2.05) is 0 Å². The Morgan fingerprint density at radius 1 is 1.47 bits per heavy atom. The van der Waals surface area contributed by atoms with E-state index in [2.05, 4.69) is 20.9 Å². The molecule has 1 N–H and O–H groups in total. The van der Waals surface area contributed by atoms with Crippen molar-refractivity contribution < 1.29 is 9.90 Å². The fourth-order valence-electron chi connectivity index (χ4n) is 1.26. The Hall–Kier alpha value is -1.69. The average Bonchev–Trinajstić information content (AvgIpc) is 2.17. The van der Waals surface area contributed by atoms with Crippen molar-refractivity contribution >= 4 is 32.9 Å². The first kappa shape index (κ1) is 9.85. The second kappa shape index (κ2) is 3.47. The van der Waals surface area contributed by atoms with Crippen molar-refractivity contribution in [1.29, 1.82) is 0 Å². The second-order valence-electron chi connectivity index (χ2n) is 2.84. The van der Waals surface area contributed by atoms with E-state index in [4.69, 9.17) is 5.11 Å². The number of carbonyl (C=O) groups is 1. The predicted molar refractivity (Wildman–Crippen MR) is 57.1 cm³/mol. The maximum absolute atomic E-state index is 11.7. The molecule has 0 bridgehead atoms. The highest BCUT2D eigenvalue weighted by Crippen LogP contribution is 2.18. The van der Waals surface area contributed by atoms with Crippen molar-refractivity contribution in [3.8, 4) is 0 Å². The van der Waals surface area contributed by atoms with E-state index >= 15 is 0 Å². The lowest BCUT2D eigenvalue weighted by Crippen LogP contribution is -2.26. The number of benzene rings is 1. The van der Waals surface area contributed by atoms with Crippen LogP contribution in [0.15, 0.2) is 33.8 Å². The summed E-state index contributed by atoms with van der Waals surface area (Å²) in [6.07, 6.45) is -0.343. The number of hydrogen-bond donors (Lipinski definition) is 1. The largest absolute Gasteiger partial charge is 0.464 e. The molecule has 6 heteroatoms. The third-order valence-electron chi connectivity index (χ3n) is 1.94. The summed E-state index contributed by atoms with van der Waals surface area (Å²) in [6.45, 7) is 0. The zero-order chi connectivity index (χ0) is 11.0. The molecule has 0 saturated heterocycles. The van der Waals surface area contributed by atoms with Crippen LogP contribution >= 0.6 is 15.9 Å². The summed E-state index contributed by atoms with van der Waals surface area (Å²) in [7, 11) is 0. The average molecular weight is 269 g/mol. The molecule has 0 atom stereocenters. The van der Waals surface area contributed by atoms with E-state index in [9.17, 15) is 9.59 Å². The molecule has 0 aliphatic rings. The monoisotopic (exact) mass is 268 g/mol. The summed E-state index contributed by atoms with van der Waals surface area (Å²) >= 11 is 3.18. The lowest BCUT2D eigenvalue weighted by Gasteiger charge is -2.01. The van der Waals surface area contributed by atoms with Gasteiger partial charge in [0.1, 0.15) is 6.33 Å². The molecular formula is C9H5BrN2O3. The van der Waals surface area contributed by atoms with Crippen LogP contribution in [0.5, 0.6) is 0 Å².